The summed E-state index contributed by atoms with van der Waals surface area (Å²) < 4.78 is 5.69. The van der Waals surface area contributed by atoms with E-state index >= 15 is 0 Å². The van der Waals surface area contributed by atoms with E-state index in [9.17, 15) is 9.59 Å². The van der Waals surface area contributed by atoms with Crippen LogP contribution in [-0.2, 0) is 16.0 Å². The van der Waals surface area contributed by atoms with E-state index in [1.807, 2.05) is 54.6 Å². The van der Waals surface area contributed by atoms with E-state index in [0.29, 0.717) is 18.6 Å². The molecule has 2 amide bonds. The summed E-state index contributed by atoms with van der Waals surface area (Å²) in [5, 5.41) is 5.84. The minimum Gasteiger partial charge on any atom is -0.484 e. The highest BCUT2D eigenvalue weighted by Gasteiger charge is 2.19. The number of fused-ring (bicyclic) bond motifs is 1. The zero-order valence-corrected chi connectivity index (χ0v) is 15.8. The highest BCUT2D eigenvalue weighted by molar-refractivity contribution is 5.94. The van der Waals surface area contributed by atoms with Crippen LogP contribution in [0, 0.1) is 0 Å². The van der Waals surface area contributed by atoms with E-state index in [4.69, 9.17) is 4.74 Å². The third-order valence-corrected chi connectivity index (χ3v) is 4.76. The number of aromatic nitrogens is 1. The number of anilines is 1. The van der Waals surface area contributed by atoms with Gasteiger partial charge < -0.3 is 15.4 Å². The first-order chi connectivity index (χ1) is 14.2. The number of hydrogen-bond donors (Lipinski definition) is 2. The van der Waals surface area contributed by atoms with Gasteiger partial charge in [-0.25, -0.2) is 0 Å². The van der Waals surface area contributed by atoms with Gasteiger partial charge >= 0.3 is 0 Å². The van der Waals surface area contributed by atoms with Crippen molar-refractivity contribution in [1.82, 2.24) is 10.3 Å². The molecule has 2 heterocycles. The Morgan fingerprint density at radius 1 is 1.07 bits per heavy atom. The van der Waals surface area contributed by atoms with Crippen molar-refractivity contribution in [3.8, 4) is 5.75 Å². The molecule has 1 aromatic heterocycles. The summed E-state index contributed by atoms with van der Waals surface area (Å²) in [5.41, 5.74) is 3.52. The van der Waals surface area contributed by atoms with Gasteiger partial charge in [0.15, 0.2) is 6.61 Å². The minimum absolute atomic E-state index is 0.0204. The van der Waals surface area contributed by atoms with E-state index < -0.39 is 0 Å². The van der Waals surface area contributed by atoms with Crippen molar-refractivity contribution in [2.45, 2.75) is 18.9 Å². The number of nitrogens with one attached hydrogen (secondary N) is 2. The topological polar surface area (TPSA) is 80.3 Å². The van der Waals surface area contributed by atoms with Crippen molar-refractivity contribution < 1.29 is 14.3 Å². The van der Waals surface area contributed by atoms with Crippen LogP contribution in [0.5, 0.6) is 5.75 Å². The molecule has 4 rings (SSSR count). The average molecular weight is 387 g/mol. The Labute approximate surface area is 168 Å². The summed E-state index contributed by atoms with van der Waals surface area (Å²) in [6.07, 6.45) is 2.83. The summed E-state index contributed by atoms with van der Waals surface area (Å²) in [5.74, 6) is 0.381. The Bertz CT molecular complexity index is 967. The Morgan fingerprint density at radius 2 is 1.90 bits per heavy atom. The standard InChI is InChI=1S/C23H21N3O3/c27-21-12-9-17-14-18(10-11-19(17)25-21)29-15-22(28)26-23(16-6-2-1-3-7-16)20-8-4-5-13-24-20/h1-8,10-11,13-14,23H,9,12,15H2,(H,25,27)(H,26,28). The summed E-state index contributed by atoms with van der Waals surface area (Å²) in [6.45, 7) is -0.110. The Morgan fingerprint density at radius 3 is 2.69 bits per heavy atom. The lowest BCUT2D eigenvalue weighted by molar-refractivity contribution is -0.123. The highest BCUT2D eigenvalue weighted by Crippen LogP contribution is 2.27. The molecule has 0 fully saturated rings. The number of carbonyl (C=O) groups excluding carboxylic acids is 2. The number of benzene rings is 2. The van der Waals surface area contributed by atoms with E-state index in [1.165, 1.54) is 0 Å². The fourth-order valence-corrected chi connectivity index (χ4v) is 3.32. The van der Waals surface area contributed by atoms with Crippen molar-refractivity contribution in [1.29, 1.82) is 0 Å². The molecular formula is C23H21N3O3. The summed E-state index contributed by atoms with van der Waals surface area (Å²) in [7, 11) is 0. The first-order valence-corrected chi connectivity index (χ1v) is 9.50. The number of pyridine rings is 1. The number of rotatable bonds is 6. The van der Waals surface area contributed by atoms with Crippen LogP contribution < -0.4 is 15.4 Å². The Kier molecular flexibility index (Phi) is 5.52. The largest absolute Gasteiger partial charge is 0.484 e. The van der Waals surface area contributed by atoms with E-state index in [1.54, 1.807) is 18.3 Å². The Balaban J connectivity index is 1.43. The zero-order valence-electron chi connectivity index (χ0n) is 15.8. The molecule has 6 heteroatoms. The molecule has 29 heavy (non-hydrogen) atoms. The lowest BCUT2D eigenvalue weighted by atomic mass is 10.0. The SMILES string of the molecule is O=C1CCc2cc(OCC(=O)NC(c3ccccc3)c3ccccn3)ccc2N1. The number of ether oxygens (including phenoxy) is 1. The molecule has 1 atom stereocenters. The molecule has 6 nitrogen and oxygen atoms in total. The molecule has 0 bridgehead atoms. The first kappa shape index (κ1) is 18.7. The van der Waals surface area contributed by atoms with E-state index in [-0.39, 0.29) is 24.5 Å². The monoisotopic (exact) mass is 387 g/mol. The van der Waals surface area contributed by atoms with Crippen molar-refractivity contribution in [2.24, 2.45) is 0 Å². The molecular weight excluding hydrogens is 366 g/mol. The zero-order chi connectivity index (χ0) is 20.1. The summed E-state index contributed by atoms with van der Waals surface area (Å²) >= 11 is 0. The van der Waals surface area contributed by atoms with Crippen LogP contribution in [0.3, 0.4) is 0 Å². The van der Waals surface area contributed by atoms with Crippen LogP contribution in [-0.4, -0.2) is 23.4 Å². The van der Waals surface area contributed by atoms with E-state index in [0.717, 1.165) is 22.5 Å². The molecule has 1 aliphatic rings. The van der Waals surface area contributed by atoms with Gasteiger partial charge in [0.05, 0.1) is 11.7 Å². The molecule has 2 aromatic carbocycles. The smallest absolute Gasteiger partial charge is 0.258 e. The van der Waals surface area contributed by atoms with Gasteiger partial charge in [-0.15, -0.1) is 0 Å². The van der Waals surface area contributed by atoms with Crippen molar-refractivity contribution in [3.63, 3.8) is 0 Å². The van der Waals surface area contributed by atoms with Gasteiger partial charge in [0, 0.05) is 18.3 Å². The van der Waals surface area contributed by atoms with Crippen LogP contribution in [0.25, 0.3) is 0 Å². The quantitative estimate of drug-likeness (QED) is 0.680. The molecule has 0 aliphatic carbocycles. The second-order valence-electron chi connectivity index (χ2n) is 6.82. The second kappa shape index (κ2) is 8.56. The number of nitrogens with zero attached hydrogens (tertiary/aromatic N) is 1. The average Bonchev–Trinajstić information content (AvgIpc) is 2.77. The maximum absolute atomic E-state index is 12.6. The van der Waals surface area contributed by atoms with Gasteiger partial charge in [-0.3, -0.25) is 14.6 Å². The highest BCUT2D eigenvalue weighted by atomic mass is 16.5. The third-order valence-electron chi connectivity index (χ3n) is 4.76. The molecule has 0 spiro atoms. The minimum atomic E-state index is -0.354. The molecule has 2 N–H and O–H groups in total. The third kappa shape index (κ3) is 4.60. The van der Waals surface area contributed by atoms with Gasteiger partial charge in [0.2, 0.25) is 5.91 Å². The predicted molar refractivity (Wildman–Crippen MR) is 110 cm³/mol. The summed E-state index contributed by atoms with van der Waals surface area (Å²) in [4.78, 5) is 28.4. The first-order valence-electron chi connectivity index (χ1n) is 9.50. The van der Waals surface area contributed by atoms with Crippen LogP contribution >= 0.6 is 0 Å². The number of amides is 2. The molecule has 1 aliphatic heterocycles. The second-order valence-corrected chi connectivity index (χ2v) is 6.82. The van der Waals surface area contributed by atoms with Crippen molar-refractivity contribution >= 4 is 17.5 Å². The predicted octanol–water partition coefficient (Wildman–Crippen LogP) is 3.25. The molecule has 3 aromatic rings. The Hall–Kier alpha value is -3.67. The summed E-state index contributed by atoms with van der Waals surface area (Å²) in [6, 6.07) is 20.4. The van der Waals surface area contributed by atoms with Gasteiger partial charge in [-0.1, -0.05) is 36.4 Å². The lowest BCUT2D eigenvalue weighted by Crippen LogP contribution is -2.33. The molecule has 0 saturated heterocycles. The van der Waals surface area contributed by atoms with Gasteiger partial charge in [-0.2, -0.15) is 0 Å². The number of hydrogen-bond acceptors (Lipinski definition) is 4. The molecule has 1 unspecified atom stereocenters. The van der Waals surface area contributed by atoms with Crippen LogP contribution in [0.15, 0.2) is 72.9 Å². The number of carbonyl (C=O) groups is 2. The van der Waals surface area contributed by atoms with E-state index in [2.05, 4.69) is 15.6 Å². The van der Waals surface area contributed by atoms with Crippen LogP contribution in [0.1, 0.15) is 29.3 Å². The number of aryl methyl sites for hydroxylation is 1. The lowest BCUT2D eigenvalue weighted by Gasteiger charge is -2.20. The van der Waals surface area contributed by atoms with Crippen LogP contribution in [0.4, 0.5) is 5.69 Å². The van der Waals surface area contributed by atoms with Gasteiger partial charge in [0.25, 0.3) is 5.91 Å². The maximum atomic E-state index is 12.6. The molecule has 0 radical (unpaired) electrons. The fraction of sp³-hybridized carbons (Fsp3) is 0.174. The van der Waals surface area contributed by atoms with Gasteiger partial charge in [-0.05, 0) is 47.9 Å². The fourth-order valence-electron chi connectivity index (χ4n) is 3.32. The van der Waals surface area contributed by atoms with Crippen molar-refractivity contribution in [2.75, 3.05) is 11.9 Å². The van der Waals surface area contributed by atoms with Crippen LogP contribution in [0.2, 0.25) is 0 Å². The maximum Gasteiger partial charge on any atom is 0.258 e. The molecule has 146 valence electrons. The molecule has 0 saturated carbocycles. The normalized spacial score (nSPS) is 13.7. The van der Waals surface area contributed by atoms with Crippen molar-refractivity contribution in [3.05, 3.63) is 89.7 Å². The van der Waals surface area contributed by atoms with Gasteiger partial charge in [0.1, 0.15) is 5.75 Å².